The van der Waals surface area contributed by atoms with E-state index in [0.29, 0.717) is 0 Å². The van der Waals surface area contributed by atoms with Crippen LogP contribution in [-0.2, 0) is 22.4 Å². The first kappa shape index (κ1) is 17.2. The molecule has 1 aliphatic carbocycles. The van der Waals surface area contributed by atoms with Gasteiger partial charge in [0.15, 0.2) is 0 Å². The molecule has 0 aromatic heterocycles. The predicted octanol–water partition coefficient (Wildman–Crippen LogP) is 4.28. The van der Waals surface area contributed by atoms with E-state index < -0.39 is 0 Å². The summed E-state index contributed by atoms with van der Waals surface area (Å²) in [4.78, 5) is 26.7. The Morgan fingerprint density at radius 2 is 1.92 bits per heavy atom. The van der Waals surface area contributed by atoms with Crippen molar-refractivity contribution in [2.45, 2.75) is 46.0 Å². The molecule has 1 heterocycles. The molecule has 1 N–H and O–H groups in total. The summed E-state index contributed by atoms with van der Waals surface area (Å²) in [5, 5.41) is 2.99. The molecule has 1 aromatic carbocycles. The molecule has 3 rings (SSSR count). The van der Waals surface area contributed by atoms with Crippen LogP contribution >= 0.6 is 0 Å². The van der Waals surface area contributed by atoms with Crippen LogP contribution in [0.15, 0.2) is 48.2 Å². The van der Waals surface area contributed by atoms with Gasteiger partial charge in [0.1, 0.15) is 6.42 Å². The molecule has 0 saturated heterocycles. The summed E-state index contributed by atoms with van der Waals surface area (Å²) >= 11 is 0. The van der Waals surface area contributed by atoms with Crippen LogP contribution in [0.5, 0.6) is 0 Å². The Morgan fingerprint density at radius 1 is 1.12 bits per heavy atom. The minimum Gasteiger partial charge on any atom is -0.324 e. The zero-order valence-electron chi connectivity index (χ0n) is 14.8. The SMILES string of the molecule is C\C=C/C=C(\C=C/C)N1C(=O)CC(=O)Nc2c1ccc1c2CCCC1. The molecule has 0 radical (unpaired) electrons. The van der Waals surface area contributed by atoms with Gasteiger partial charge < -0.3 is 5.32 Å². The van der Waals surface area contributed by atoms with Gasteiger partial charge in [-0.05, 0) is 68.9 Å². The van der Waals surface area contributed by atoms with Gasteiger partial charge >= 0.3 is 0 Å². The number of rotatable bonds is 3. The summed E-state index contributed by atoms with van der Waals surface area (Å²) in [6.45, 7) is 3.85. The highest BCUT2D eigenvalue weighted by Gasteiger charge is 2.30. The average molecular weight is 336 g/mol. The number of aryl methyl sites for hydroxylation is 1. The Balaban J connectivity index is 2.19. The molecule has 2 amide bonds. The largest absolute Gasteiger partial charge is 0.324 e. The lowest BCUT2D eigenvalue weighted by molar-refractivity contribution is -0.124. The van der Waals surface area contributed by atoms with Crippen LogP contribution in [0.25, 0.3) is 0 Å². The molecule has 130 valence electrons. The third kappa shape index (κ3) is 3.43. The molecule has 1 aliphatic heterocycles. The molecule has 0 bridgehead atoms. The molecule has 1 aromatic rings. The third-order valence-electron chi connectivity index (χ3n) is 4.63. The number of nitrogens with one attached hydrogen (secondary N) is 1. The van der Waals surface area contributed by atoms with Gasteiger partial charge in [0.25, 0.3) is 0 Å². The molecule has 0 fully saturated rings. The number of amides is 2. The van der Waals surface area contributed by atoms with Gasteiger partial charge in [-0.1, -0.05) is 24.3 Å². The summed E-state index contributed by atoms with van der Waals surface area (Å²) in [7, 11) is 0. The van der Waals surface area contributed by atoms with Crippen LogP contribution in [0.2, 0.25) is 0 Å². The lowest BCUT2D eigenvalue weighted by Gasteiger charge is -2.27. The van der Waals surface area contributed by atoms with E-state index in [4.69, 9.17) is 0 Å². The Hall–Kier alpha value is -2.62. The number of carbonyl (C=O) groups is 2. The molecule has 25 heavy (non-hydrogen) atoms. The first-order valence-corrected chi connectivity index (χ1v) is 8.89. The van der Waals surface area contributed by atoms with Crippen molar-refractivity contribution in [1.29, 1.82) is 0 Å². The van der Waals surface area contributed by atoms with Gasteiger partial charge in [0.2, 0.25) is 11.8 Å². The van der Waals surface area contributed by atoms with Crippen molar-refractivity contribution < 1.29 is 9.59 Å². The van der Waals surface area contributed by atoms with Crippen molar-refractivity contribution in [3.63, 3.8) is 0 Å². The van der Waals surface area contributed by atoms with Crippen molar-refractivity contribution >= 4 is 23.2 Å². The normalized spacial score (nSPS) is 18.3. The molecular formula is C21H24N2O2. The number of carbonyl (C=O) groups excluding carboxylic acids is 2. The number of hydrogen-bond donors (Lipinski definition) is 1. The number of allylic oxidation sites excluding steroid dienone is 5. The van der Waals surface area contributed by atoms with Crippen LogP contribution in [0.4, 0.5) is 11.4 Å². The van der Waals surface area contributed by atoms with E-state index in [1.807, 2.05) is 50.3 Å². The Kier molecular flexibility index (Phi) is 5.17. The highest BCUT2D eigenvalue weighted by atomic mass is 16.2. The molecule has 0 spiro atoms. The van der Waals surface area contributed by atoms with Crippen molar-refractivity contribution in [2.75, 3.05) is 10.2 Å². The summed E-state index contributed by atoms with van der Waals surface area (Å²) < 4.78 is 0. The maximum Gasteiger partial charge on any atom is 0.241 e. The van der Waals surface area contributed by atoms with E-state index in [2.05, 4.69) is 11.4 Å². The third-order valence-corrected chi connectivity index (χ3v) is 4.63. The lowest BCUT2D eigenvalue weighted by Crippen LogP contribution is -2.29. The van der Waals surface area contributed by atoms with Crippen molar-refractivity contribution in [3.8, 4) is 0 Å². The van der Waals surface area contributed by atoms with Crippen LogP contribution in [0, 0.1) is 0 Å². The molecule has 0 atom stereocenters. The van der Waals surface area contributed by atoms with E-state index in [9.17, 15) is 9.59 Å². The summed E-state index contributed by atoms with van der Waals surface area (Å²) in [6.07, 6.45) is 13.6. The number of fused-ring (bicyclic) bond motifs is 3. The first-order valence-electron chi connectivity index (χ1n) is 8.89. The van der Waals surface area contributed by atoms with E-state index in [1.165, 1.54) is 17.5 Å². The van der Waals surface area contributed by atoms with E-state index in [0.717, 1.165) is 36.3 Å². The van der Waals surface area contributed by atoms with Crippen LogP contribution in [-0.4, -0.2) is 11.8 Å². The molecule has 4 nitrogen and oxygen atoms in total. The van der Waals surface area contributed by atoms with E-state index >= 15 is 0 Å². The topological polar surface area (TPSA) is 49.4 Å². The van der Waals surface area contributed by atoms with Crippen LogP contribution in [0.1, 0.15) is 44.2 Å². The second-order valence-corrected chi connectivity index (χ2v) is 6.38. The summed E-state index contributed by atoms with van der Waals surface area (Å²) in [5.74, 6) is -0.445. The van der Waals surface area contributed by atoms with E-state index in [-0.39, 0.29) is 18.2 Å². The molecule has 0 saturated carbocycles. The van der Waals surface area contributed by atoms with Crippen LogP contribution < -0.4 is 10.2 Å². The predicted molar refractivity (Wildman–Crippen MR) is 102 cm³/mol. The smallest absolute Gasteiger partial charge is 0.241 e. The second kappa shape index (κ2) is 7.51. The zero-order valence-corrected chi connectivity index (χ0v) is 14.8. The number of nitrogens with zero attached hydrogens (tertiary/aromatic N) is 1. The van der Waals surface area contributed by atoms with Crippen molar-refractivity contribution in [2.24, 2.45) is 0 Å². The highest BCUT2D eigenvalue weighted by Crippen LogP contribution is 2.39. The number of hydrogen-bond acceptors (Lipinski definition) is 2. The fourth-order valence-electron chi connectivity index (χ4n) is 3.53. The van der Waals surface area contributed by atoms with Crippen LogP contribution in [0.3, 0.4) is 0 Å². The van der Waals surface area contributed by atoms with Gasteiger partial charge in [-0.3, -0.25) is 14.5 Å². The Morgan fingerprint density at radius 3 is 2.68 bits per heavy atom. The average Bonchev–Trinajstić information content (AvgIpc) is 2.73. The lowest BCUT2D eigenvalue weighted by atomic mass is 9.89. The van der Waals surface area contributed by atoms with E-state index in [1.54, 1.807) is 4.90 Å². The Bertz CT molecular complexity index is 787. The standard InChI is InChI=1S/C21H24N2O2/c1-3-5-10-16(8-4-2)23-18-13-12-15-9-6-7-11-17(15)21(18)22-19(24)14-20(23)25/h3-5,8,10,12-13H,6-7,9,11,14H2,1-2H3,(H,22,24)/b5-3-,8-4-,16-10+. The van der Waals surface area contributed by atoms with Crippen molar-refractivity contribution in [3.05, 3.63) is 59.3 Å². The first-order chi connectivity index (χ1) is 12.2. The fraction of sp³-hybridized carbons (Fsp3) is 0.333. The van der Waals surface area contributed by atoms with Gasteiger partial charge in [0, 0.05) is 5.70 Å². The Labute approximate surface area is 148 Å². The molecule has 2 aliphatic rings. The maximum atomic E-state index is 12.8. The monoisotopic (exact) mass is 336 g/mol. The molecule has 0 unspecified atom stereocenters. The van der Waals surface area contributed by atoms with Gasteiger partial charge in [0.05, 0.1) is 11.4 Å². The van der Waals surface area contributed by atoms with Gasteiger partial charge in [-0.25, -0.2) is 0 Å². The number of benzene rings is 1. The molecular weight excluding hydrogens is 312 g/mol. The zero-order chi connectivity index (χ0) is 17.8. The van der Waals surface area contributed by atoms with Crippen molar-refractivity contribution in [1.82, 2.24) is 0 Å². The van der Waals surface area contributed by atoms with Gasteiger partial charge in [-0.2, -0.15) is 0 Å². The number of anilines is 2. The minimum atomic E-state index is -0.237. The van der Waals surface area contributed by atoms with Gasteiger partial charge in [-0.15, -0.1) is 0 Å². The quantitative estimate of drug-likeness (QED) is 0.662. The second-order valence-electron chi connectivity index (χ2n) is 6.38. The summed E-state index contributed by atoms with van der Waals surface area (Å²) in [5.41, 5.74) is 4.81. The molecule has 4 heteroatoms. The fourth-order valence-corrected chi connectivity index (χ4v) is 3.53. The maximum absolute atomic E-state index is 12.8. The summed E-state index contributed by atoms with van der Waals surface area (Å²) in [6, 6.07) is 4.07. The highest BCUT2D eigenvalue weighted by molar-refractivity contribution is 6.16. The minimum absolute atomic E-state index is 0.145.